The second-order valence-corrected chi connectivity index (χ2v) is 4.99. The molecule has 102 valence electrons. The number of nitrogens with one attached hydrogen (secondary N) is 1. The van der Waals surface area contributed by atoms with Gasteiger partial charge in [0.25, 0.3) is 0 Å². The van der Waals surface area contributed by atoms with E-state index in [0.717, 1.165) is 13.0 Å². The van der Waals surface area contributed by atoms with Crippen LogP contribution in [-0.4, -0.2) is 49.2 Å². The molecule has 4 heteroatoms. The average molecular weight is 244 g/mol. The monoisotopic (exact) mass is 244 g/mol. The van der Waals surface area contributed by atoms with Crippen LogP contribution in [0.4, 0.5) is 0 Å². The molecule has 0 aromatic carbocycles. The molecule has 0 bridgehead atoms. The Morgan fingerprint density at radius 2 is 1.88 bits per heavy atom. The van der Waals surface area contributed by atoms with Crippen LogP contribution >= 0.6 is 0 Å². The fourth-order valence-corrected chi connectivity index (χ4v) is 1.82. The first kappa shape index (κ1) is 16.4. The summed E-state index contributed by atoms with van der Waals surface area (Å²) in [6, 6.07) is 0.472. The number of hydrogen-bond acceptors (Lipinski definition) is 4. The highest BCUT2D eigenvalue weighted by Gasteiger charge is 2.23. The first-order chi connectivity index (χ1) is 7.92. The summed E-state index contributed by atoms with van der Waals surface area (Å²) in [6.07, 6.45) is 1.09. The van der Waals surface area contributed by atoms with Crippen LogP contribution < -0.4 is 5.32 Å². The predicted molar refractivity (Wildman–Crippen MR) is 71.1 cm³/mol. The van der Waals surface area contributed by atoms with E-state index in [2.05, 4.69) is 31.0 Å². The molecule has 0 fully saturated rings. The topological polar surface area (TPSA) is 41.6 Å². The fraction of sp³-hybridized carbons (Fsp3) is 0.923. The smallest absolute Gasteiger partial charge is 0.324 e. The lowest BCUT2D eigenvalue weighted by atomic mass is 10.2. The molecule has 0 aromatic heterocycles. The number of ether oxygens (including phenoxy) is 1. The molecule has 1 atom stereocenters. The van der Waals surface area contributed by atoms with Crippen molar-refractivity contribution < 1.29 is 9.53 Å². The molecule has 0 saturated heterocycles. The van der Waals surface area contributed by atoms with Gasteiger partial charge in [-0.15, -0.1) is 0 Å². The summed E-state index contributed by atoms with van der Waals surface area (Å²) in [5.41, 5.74) is 0. The third-order valence-corrected chi connectivity index (χ3v) is 2.68. The zero-order chi connectivity index (χ0) is 13.4. The number of esters is 1. The number of hydrogen-bond donors (Lipinski definition) is 1. The first-order valence-corrected chi connectivity index (χ1v) is 6.50. The van der Waals surface area contributed by atoms with Crippen molar-refractivity contribution in [3.8, 4) is 0 Å². The normalized spacial score (nSPS) is 13.5. The number of nitrogens with zero attached hydrogens (tertiary/aromatic N) is 1. The van der Waals surface area contributed by atoms with E-state index < -0.39 is 0 Å². The Morgan fingerprint density at radius 3 is 2.24 bits per heavy atom. The molecule has 0 aliphatic carbocycles. The number of methoxy groups -OCH3 is 1. The quantitative estimate of drug-likeness (QED) is 0.659. The zero-order valence-electron chi connectivity index (χ0n) is 12.1. The lowest BCUT2D eigenvalue weighted by Crippen LogP contribution is -2.50. The van der Waals surface area contributed by atoms with E-state index in [4.69, 9.17) is 4.74 Å². The van der Waals surface area contributed by atoms with E-state index in [9.17, 15) is 4.79 Å². The van der Waals surface area contributed by atoms with E-state index in [-0.39, 0.29) is 18.1 Å². The second kappa shape index (κ2) is 8.48. The molecule has 1 N–H and O–H groups in total. The van der Waals surface area contributed by atoms with Gasteiger partial charge >= 0.3 is 5.97 Å². The van der Waals surface area contributed by atoms with E-state index >= 15 is 0 Å². The molecule has 1 unspecified atom stereocenters. The number of carbonyl (C=O) groups is 1. The summed E-state index contributed by atoms with van der Waals surface area (Å²) < 4.78 is 4.84. The van der Waals surface area contributed by atoms with Crippen LogP contribution in [0.3, 0.4) is 0 Å². The maximum atomic E-state index is 11.7. The fourth-order valence-electron chi connectivity index (χ4n) is 1.82. The van der Waals surface area contributed by atoms with Crippen molar-refractivity contribution in [3.05, 3.63) is 0 Å². The van der Waals surface area contributed by atoms with Gasteiger partial charge in [-0.1, -0.05) is 20.8 Å². The van der Waals surface area contributed by atoms with Crippen molar-refractivity contribution in [2.45, 2.75) is 59.2 Å². The predicted octanol–water partition coefficient (Wildman–Crippen LogP) is 1.65. The molecule has 4 nitrogen and oxygen atoms in total. The van der Waals surface area contributed by atoms with E-state index in [0.29, 0.717) is 12.6 Å². The number of rotatable bonds is 8. The van der Waals surface area contributed by atoms with Gasteiger partial charge in [-0.05, 0) is 26.8 Å². The highest BCUT2D eigenvalue weighted by molar-refractivity contribution is 5.76. The Hall–Kier alpha value is -0.610. The maximum Gasteiger partial charge on any atom is 0.324 e. The zero-order valence-corrected chi connectivity index (χ0v) is 12.1. The first-order valence-electron chi connectivity index (χ1n) is 6.50. The molecule has 17 heavy (non-hydrogen) atoms. The summed E-state index contributed by atoms with van der Waals surface area (Å²) in [4.78, 5) is 14.0. The van der Waals surface area contributed by atoms with E-state index in [1.165, 1.54) is 7.11 Å². The molecule has 0 aromatic rings. The Labute approximate surface area is 106 Å². The van der Waals surface area contributed by atoms with Gasteiger partial charge in [0.05, 0.1) is 7.11 Å². The minimum absolute atomic E-state index is 0.180. The van der Waals surface area contributed by atoms with Crippen LogP contribution in [-0.2, 0) is 9.53 Å². The van der Waals surface area contributed by atoms with Crippen molar-refractivity contribution in [3.63, 3.8) is 0 Å². The summed E-state index contributed by atoms with van der Waals surface area (Å²) in [5.74, 6) is -0.180. The molecule has 0 heterocycles. The average Bonchev–Trinajstić information content (AvgIpc) is 2.25. The second-order valence-electron chi connectivity index (χ2n) is 4.99. The van der Waals surface area contributed by atoms with Crippen molar-refractivity contribution in [2.75, 3.05) is 20.2 Å². The van der Waals surface area contributed by atoms with Crippen LogP contribution in [0, 0.1) is 0 Å². The van der Waals surface area contributed by atoms with E-state index in [1.807, 2.05) is 13.8 Å². The van der Waals surface area contributed by atoms with E-state index in [1.54, 1.807) is 0 Å². The molecule has 0 aliphatic rings. The Bertz CT molecular complexity index is 217. The van der Waals surface area contributed by atoms with Crippen LogP contribution in [0.25, 0.3) is 0 Å². The van der Waals surface area contributed by atoms with Gasteiger partial charge in [0.2, 0.25) is 0 Å². The van der Waals surface area contributed by atoms with Gasteiger partial charge in [-0.3, -0.25) is 9.69 Å². The summed E-state index contributed by atoms with van der Waals surface area (Å²) >= 11 is 0. The van der Waals surface area contributed by atoms with Crippen LogP contribution in [0.15, 0.2) is 0 Å². The molecule has 0 rings (SSSR count). The molecule has 0 spiro atoms. The SMILES string of the molecule is CCCN(CC(NC(C)C)C(=O)OC)C(C)C. The van der Waals surface area contributed by atoms with Crippen LogP contribution in [0.5, 0.6) is 0 Å². The van der Waals surface area contributed by atoms with Crippen molar-refractivity contribution in [1.82, 2.24) is 10.2 Å². The molecule has 0 saturated carbocycles. The molecule has 0 radical (unpaired) electrons. The highest BCUT2D eigenvalue weighted by Crippen LogP contribution is 2.03. The van der Waals surface area contributed by atoms with Gasteiger partial charge in [0.15, 0.2) is 0 Å². The lowest BCUT2D eigenvalue weighted by molar-refractivity contribution is -0.144. The molecular formula is C13H28N2O2. The Kier molecular flexibility index (Phi) is 8.17. The summed E-state index contributed by atoms with van der Waals surface area (Å²) in [7, 11) is 1.44. The summed E-state index contributed by atoms with van der Waals surface area (Å²) in [5, 5.41) is 3.26. The summed E-state index contributed by atoms with van der Waals surface area (Å²) in [6.45, 7) is 12.2. The third kappa shape index (κ3) is 6.64. The highest BCUT2D eigenvalue weighted by atomic mass is 16.5. The number of carbonyl (C=O) groups excluding carboxylic acids is 1. The Morgan fingerprint density at radius 1 is 1.29 bits per heavy atom. The van der Waals surface area contributed by atoms with Crippen molar-refractivity contribution in [2.24, 2.45) is 0 Å². The maximum absolute atomic E-state index is 11.7. The third-order valence-electron chi connectivity index (χ3n) is 2.68. The van der Waals surface area contributed by atoms with Crippen LogP contribution in [0.1, 0.15) is 41.0 Å². The standard InChI is InChI=1S/C13H28N2O2/c1-7-8-15(11(4)5)9-12(13(16)17-6)14-10(2)3/h10-12,14H,7-9H2,1-6H3. The minimum Gasteiger partial charge on any atom is -0.468 e. The minimum atomic E-state index is -0.242. The Balaban J connectivity index is 4.52. The van der Waals surface area contributed by atoms with Gasteiger partial charge in [0.1, 0.15) is 6.04 Å². The molecule has 0 amide bonds. The van der Waals surface area contributed by atoms with Crippen molar-refractivity contribution in [1.29, 1.82) is 0 Å². The largest absolute Gasteiger partial charge is 0.468 e. The molecular weight excluding hydrogens is 216 g/mol. The molecule has 0 aliphatic heterocycles. The van der Waals surface area contributed by atoms with Crippen LogP contribution in [0.2, 0.25) is 0 Å². The lowest BCUT2D eigenvalue weighted by Gasteiger charge is -2.30. The van der Waals surface area contributed by atoms with Gasteiger partial charge in [0, 0.05) is 18.6 Å². The van der Waals surface area contributed by atoms with Gasteiger partial charge in [-0.2, -0.15) is 0 Å². The van der Waals surface area contributed by atoms with Gasteiger partial charge < -0.3 is 10.1 Å². The van der Waals surface area contributed by atoms with Gasteiger partial charge in [-0.25, -0.2) is 0 Å². The van der Waals surface area contributed by atoms with Crippen molar-refractivity contribution >= 4 is 5.97 Å².